The van der Waals surface area contributed by atoms with Crippen molar-refractivity contribution in [3.05, 3.63) is 70.5 Å². The van der Waals surface area contributed by atoms with Crippen molar-refractivity contribution in [3.8, 4) is 0 Å². The third kappa shape index (κ3) is 5.05. The van der Waals surface area contributed by atoms with Gasteiger partial charge in [-0.05, 0) is 49.4 Å². The Morgan fingerprint density at radius 2 is 1.67 bits per heavy atom. The van der Waals surface area contributed by atoms with E-state index in [9.17, 15) is 9.18 Å². The van der Waals surface area contributed by atoms with Gasteiger partial charge in [0.1, 0.15) is 5.82 Å². The molecule has 0 saturated carbocycles. The maximum Gasteiger partial charge on any atom is 0.236 e. The van der Waals surface area contributed by atoms with Crippen LogP contribution in [0.1, 0.15) is 24.1 Å². The fourth-order valence-electron chi connectivity index (χ4n) is 2.48. The number of halogens is 2. The van der Waals surface area contributed by atoms with Gasteiger partial charge in [-0.25, -0.2) is 4.39 Å². The van der Waals surface area contributed by atoms with Gasteiger partial charge in [0.2, 0.25) is 5.91 Å². The first kappa shape index (κ1) is 18.4. The molecule has 0 bridgehead atoms. The largest absolute Gasteiger partial charge is 0.338 e. The molecular weight excluding hydrogens is 327 g/mol. The minimum atomic E-state index is -0.275. The molecule has 128 valence electrons. The Labute approximate surface area is 147 Å². The topological polar surface area (TPSA) is 23.6 Å². The van der Waals surface area contributed by atoms with Crippen molar-refractivity contribution in [1.29, 1.82) is 0 Å². The van der Waals surface area contributed by atoms with E-state index < -0.39 is 0 Å². The minimum Gasteiger partial charge on any atom is -0.338 e. The molecule has 24 heavy (non-hydrogen) atoms. The fourth-order valence-corrected chi connectivity index (χ4v) is 2.61. The van der Waals surface area contributed by atoms with E-state index in [2.05, 4.69) is 0 Å². The standard InChI is InChI=1S/C19H22ClFN2O/c1-14(16-6-10-18(21)11-7-16)23(3)19(24)13-22(2)12-15-4-8-17(20)9-5-15/h4-11,14H,12-13H2,1-3H3. The minimum absolute atomic E-state index is 0.0169. The van der Waals surface area contributed by atoms with Crippen LogP contribution in [0.15, 0.2) is 48.5 Å². The van der Waals surface area contributed by atoms with Crippen LogP contribution in [0.3, 0.4) is 0 Å². The summed E-state index contributed by atoms with van der Waals surface area (Å²) in [6, 6.07) is 13.7. The number of carbonyl (C=O) groups is 1. The van der Waals surface area contributed by atoms with Crippen LogP contribution in [0, 0.1) is 5.82 Å². The second-order valence-corrected chi connectivity index (χ2v) is 6.47. The molecule has 1 atom stereocenters. The van der Waals surface area contributed by atoms with Gasteiger partial charge in [0.05, 0.1) is 12.6 Å². The average molecular weight is 349 g/mol. The summed E-state index contributed by atoms with van der Waals surface area (Å²) >= 11 is 5.88. The fraction of sp³-hybridized carbons (Fsp3) is 0.316. The van der Waals surface area contributed by atoms with Crippen molar-refractivity contribution in [2.24, 2.45) is 0 Å². The average Bonchev–Trinajstić information content (AvgIpc) is 2.56. The zero-order valence-electron chi connectivity index (χ0n) is 14.2. The van der Waals surface area contributed by atoms with Gasteiger partial charge in [-0.2, -0.15) is 0 Å². The molecule has 5 heteroatoms. The van der Waals surface area contributed by atoms with Crippen LogP contribution in [0.5, 0.6) is 0 Å². The molecule has 3 nitrogen and oxygen atoms in total. The van der Waals surface area contributed by atoms with Gasteiger partial charge in [0.15, 0.2) is 0 Å². The van der Waals surface area contributed by atoms with Gasteiger partial charge in [0.25, 0.3) is 0 Å². The summed E-state index contributed by atoms with van der Waals surface area (Å²) in [5.74, 6) is -0.258. The van der Waals surface area contributed by atoms with Gasteiger partial charge in [-0.15, -0.1) is 0 Å². The number of nitrogens with zero attached hydrogens (tertiary/aromatic N) is 2. The van der Waals surface area contributed by atoms with E-state index in [1.54, 1.807) is 24.1 Å². The van der Waals surface area contributed by atoms with Gasteiger partial charge >= 0.3 is 0 Å². The molecule has 2 aromatic rings. The molecule has 2 rings (SSSR count). The summed E-state index contributed by atoms with van der Waals surface area (Å²) in [6.45, 7) is 2.91. The first-order chi connectivity index (χ1) is 11.4. The molecule has 0 aromatic heterocycles. The maximum atomic E-state index is 13.0. The Kier molecular flexibility index (Phi) is 6.35. The maximum absolute atomic E-state index is 13.0. The van der Waals surface area contributed by atoms with Gasteiger partial charge in [0, 0.05) is 18.6 Å². The van der Waals surface area contributed by atoms with Crippen molar-refractivity contribution in [2.75, 3.05) is 20.6 Å². The van der Waals surface area contributed by atoms with E-state index in [-0.39, 0.29) is 17.8 Å². The molecule has 0 aliphatic heterocycles. The highest BCUT2D eigenvalue weighted by molar-refractivity contribution is 6.30. The van der Waals surface area contributed by atoms with Crippen molar-refractivity contribution < 1.29 is 9.18 Å². The van der Waals surface area contributed by atoms with Crippen LogP contribution in [-0.2, 0) is 11.3 Å². The van der Waals surface area contributed by atoms with E-state index in [4.69, 9.17) is 11.6 Å². The molecule has 0 N–H and O–H groups in total. The SMILES string of the molecule is CC(c1ccc(F)cc1)N(C)C(=O)CN(C)Cc1ccc(Cl)cc1. The Hall–Kier alpha value is -1.91. The molecule has 0 saturated heterocycles. The monoisotopic (exact) mass is 348 g/mol. The lowest BCUT2D eigenvalue weighted by Gasteiger charge is -2.27. The van der Waals surface area contributed by atoms with Crippen LogP contribution in [0.25, 0.3) is 0 Å². The zero-order chi connectivity index (χ0) is 17.7. The third-order valence-corrected chi connectivity index (χ3v) is 4.35. The van der Waals surface area contributed by atoms with Gasteiger partial charge in [-0.1, -0.05) is 35.9 Å². The molecule has 0 aliphatic carbocycles. The molecule has 0 spiro atoms. The number of carbonyl (C=O) groups excluding carboxylic acids is 1. The Bertz CT molecular complexity index is 673. The summed E-state index contributed by atoms with van der Waals surface area (Å²) in [4.78, 5) is 16.1. The van der Waals surface area contributed by atoms with Crippen LogP contribution >= 0.6 is 11.6 Å². The first-order valence-corrected chi connectivity index (χ1v) is 8.18. The highest BCUT2D eigenvalue weighted by Crippen LogP contribution is 2.19. The summed E-state index contributed by atoms with van der Waals surface area (Å²) < 4.78 is 13.0. The van der Waals surface area contributed by atoms with Crippen LogP contribution in [0.4, 0.5) is 4.39 Å². The Morgan fingerprint density at radius 3 is 2.25 bits per heavy atom. The van der Waals surface area contributed by atoms with Crippen molar-refractivity contribution in [2.45, 2.75) is 19.5 Å². The molecular formula is C19H22ClFN2O. The quantitative estimate of drug-likeness (QED) is 0.783. The summed E-state index contributed by atoms with van der Waals surface area (Å²) in [6.07, 6.45) is 0. The molecule has 1 amide bonds. The van der Waals surface area contributed by atoms with Gasteiger partial charge < -0.3 is 4.90 Å². The van der Waals surface area contributed by atoms with Crippen molar-refractivity contribution >= 4 is 17.5 Å². The first-order valence-electron chi connectivity index (χ1n) is 7.81. The molecule has 2 aromatic carbocycles. The number of hydrogen-bond acceptors (Lipinski definition) is 2. The molecule has 0 aliphatic rings. The smallest absolute Gasteiger partial charge is 0.236 e. The van der Waals surface area contributed by atoms with E-state index in [1.165, 1.54) is 12.1 Å². The van der Waals surface area contributed by atoms with Crippen LogP contribution < -0.4 is 0 Å². The Morgan fingerprint density at radius 1 is 1.08 bits per heavy atom. The molecule has 0 heterocycles. The zero-order valence-corrected chi connectivity index (χ0v) is 14.9. The van der Waals surface area contributed by atoms with E-state index >= 15 is 0 Å². The lowest BCUT2D eigenvalue weighted by molar-refractivity contribution is -0.132. The summed E-state index contributed by atoms with van der Waals surface area (Å²) in [5.41, 5.74) is 2.01. The van der Waals surface area contributed by atoms with Gasteiger partial charge in [-0.3, -0.25) is 9.69 Å². The normalized spacial score (nSPS) is 12.2. The second kappa shape index (κ2) is 8.27. The number of hydrogen-bond donors (Lipinski definition) is 0. The molecule has 0 fully saturated rings. The second-order valence-electron chi connectivity index (χ2n) is 6.03. The Balaban J connectivity index is 1.92. The number of rotatable bonds is 6. The van der Waals surface area contributed by atoms with Crippen LogP contribution in [0.2, 0.25) is 5.02 Å². The predicted octanol–water partition coefficient (Wildman–Crippen LogP) is 4.13. The van der Waals surface area contributed by atoms with Crippen LogP contribution in [-0.4, -0.2) is 36.3 Å². The molecule has 0 radical (unpaired) electrons. The lowest BCUT2D eigenvalue weighted by atomic mass is 10.1. The van der Waals surface area contributed by atoms with E-state index in [1.807, 2.05) is 43.1 Å². The number of amides is 1. The summed E-state index contributed by atoms with van der Waals surface area (Å²) in [5, 5.41) is 0.699. The predicted molar refractivity (Wildman–Crippen MR) is 95.4 cm³/mol. The highest BCUT2D eigenvalue weighted by Gasteiger charge is 2.18. The summed E-state index contributed by atoms with van der Waals surface area (Å²) in [7, 11) is 3.68. The van der Waals surface area contributed by atoms with E-state index in [0.29, 0.717) is 18.1 Å². The lowest BCUT2D eigenvalue weighted by Crippen LogP contribution is -2.37. The van der Waals surface area contributed by atoms with E-state index in [0.717, 1.165) is 11.1 Å². The van der Waals surface area contributed by atoms with Crippen molar-refractivity contribution in [3.63, 3.8) is 0 Å². The number of likely N-dealkylation sites (N-methyl/N-ethyl adjacent to an activating group) is 2. The number of benzene rings is 2. The highest BCUT2D eigenvalue weighted by atomic mass is 35.5. The van der Waals surface area contributed by atoms with Crippen molar-refractivity contribution in [1.82, 2.24) is 9.80 Å². The third-order valence-electron chi connectivity index (χ3n) is 4.10. The molecule has 1 unspecified atom stereocenters.